The molecule has 0 aromatic carbocycles. The van der Waals surface area contributed by atoms with Crippen LogP contribution in [0.4, 0.5) is 0 Å². The third kappa shape index (κ3) is 4.61. The summed E-state index contributed by atoms with van der Waals surface area (Å²) in [7, 11) is 1.67. The molecule has 0 spiro atoms. The number of likely N-dealkylation sites (N-methyl/N-ethyl adjacent to an activating group) is 1. The van der Waals surface area contributed by atoms with Crippen LogP contribution in [-0.2, 0) is 14.3 Å². The Hall–Kier alpha value is -0.650. The lowest BCUT2D eigenvalue weighted by Gasteiger charge is -2.25. The average Bonchev–Trinajstić information content (AvgIpc) is 2.35. The maximum Gasteiger partial charge on any atom is 0.323 e. The molecule has 1 saturated heterocycles. The Bertz CT molecular complexity index is 241. The zero-order valence-corrected chi connectivity index (χ0v) is 10.7. The molecule has 1 fully saturated rings. The van der Waals surface area contributed by atoms with Gasteiger partial charge in [-0.25, -0.2) is 0 Å². The summed E-state index contributed by atoms with van der Waals surface area (Å²) in [5.74, 6) is -0.814. The predicted octanol–water partition coefficient (Wildman–Crippen LogP) is 1.02. The minimum absolute atomic E-state index is 0.286. The van der Waals surface area contributed by atoms with Gasteiger partial charge in [-0.05, 0) is 39.7 Å². The Morgan fingerprint density at radius 3 is 2.71 bits per heavy atom. The summed E-state index contributed by atoms with van der Waals surface area (Å²) < 4.78 is 10.9. The van der Waals surface area contributed by atoms with Crippen LogP contribution in [-0.4, -0.2) is 49.6 Å². The van der Waals surface area contributed by atoms with Gasteiger partial charge >= 0.3 is 5.97 Å². The van der Waals surface area contributed by atoms with E-state index >= 15 is 0 Å². The van der Waals surface area contributed by atoms with Crippen LogP contribution in [0.2, 0.25) is 0 Å². The van der Waals surface area contributed by atoms with Crippen LogP contribution in [0.1, 0.15) is 32.6 Å². The topological polar surface area (TPSA) is 67.8 Å². The Morgan fingerprint density at radius 1 is 1.53 bits per heavy atom. The van der Waals surface area contributed by atoms with Crippen LogP contribution >= 0.6 is 0 Å². The Kier molecular flexibility index (Phi) is 5.88. The van der Waals surface area contributed by atoms with Crippen molar-refractivity contribution in [1.82, 2.24) is 5.32 Å². The fourth-order valence-electron chi connectivity index (χ4n) is 1.86. The van der Waals surface area contributed by atoms with E-state index in [9.17, 15) is 4.79 Å². The second-order valence-electron chi connectivity index (χ2n) is 4.67. The molecule has 1 rings (SSSR count). The summed E-state index contributed by atoms with van der Waals surface area (Å²) in [4.78, 5) is 11.0. The quantitative estimate of drug-likeness (QED) is 0.656. The highest BCUT2D eigenvalue weighted by Crippen LogP contribution is 2.15. The largest absolute Gasteiger partial charge is 0.480 e. The molecular weight excluding hydrogens is 222 g/mol. The number of rotatable bonds is 7. The van der Waals surface area contributed by atoms with E-state index in [1.54, 1.807) is 14.0 Å². The van der Waals surface area contributed by atoms with Gasteiger partial charge in [0.15, 0.2) is 0 Å². The zero-order valence-electron chi connectivity index (χ0n) is 10.7. The molecule has 0 saturated carbocycles. The minimum Gasteiger partial charge on any atom is -0.480 e. The van der Waals surface area contributed by atoms with Gasteiger partial charge in [0.1, 0.15) is 5.54 Å². The van der Waals surface area contributed by atoms with E-state index in [1.165, 1.54) is 0 Å². The normalized spacial score (nSPS) is 21.1. The molecule has 5 heteroatoms. The molecule has 17 heavy (non-hydrogen) atoms. The summed E-state index contributed by atoms with van der Waals surface area (Å²) in [5, 5.41) is 11.9. The van der Waals surface area contributed by atoms with Gasteiger partial charge < -0.3 is 19.9 Å². The number of hydrogen-bond acceptors (Lipinski definition) is 4. The van der Waals surface area contributed by atoms with E-state index in [1.807, 2.05) is 0 Å². The third-order valence-electron chi connectivity index (χ3n) is 3.37. The maximum absolute atomic E-state index is 11.0. The SMILES string of the molecule is CNC(C)(CCCOC1CCOCC1)C(=O)O. The second-order valence-corrected chi connectivity index (χ2v) is 4.67. The molecule has 0 aromatic heterocycles. The zero-order chi connectivity index (χ0) is 12.7. The first-order chi connectivity index (χ1) is 8.08. The lowest BCUT2D eigenvalue weighted by atomic mass is 9.96. The lowest BCUT2D eigenvalue weighted by molar-refractivity contribution is -0.144. The fourth-order valence-corrected chi connectivity index (χ4v) is 1.86. The summed E-state index contributed by atoms with van der Waals surface area (Å²) in [6.07, 6.45) is 3.50. The average molecular weight is 245 g/mol. The van der Waals surface area contributed by atoms with Crippen LogP contribution in [0, 0.1) is 0 Å². The van der Waals surface area contributed by atoms with Gasteiger partial charge in [-0.2, -0.15) is 0 Å². The molecule has 1 atom stereocenters. The van der Waals surface area contributed by atoms with Crippen molar-refractivity contribution >= 4 is 5.97 Å². The number of carboxylic acid groups (broad SMARTS) is 1. The maximum atomic E-state index is 11.0. The van der Waals surface area contributed by atoms with Gasteiger partial charge in [0.25, 0.3) is 0 Å². The summed E-state index contributed by atoms with van der Waals surface area (Å²) in [5.41, 5.74) is -0.848. The molecule has 0 bridgehead atoms. The molecule has 0 amide bonds. The van der Waals surface area contributed by atoms with Crippen molar-refractivity contribution in [1.29, 1.82) is 0 Å². The monoisotopic (exact) mass is 245 g/mol. The minimum atomic E-state index is -0.848. The van der Waals surface area contributed by atoms with E-state index in [2.05, 4.69) is 5.32 Å². The Labute approximate surface area is 102 Å². The predicted molar refractivity (Wildman–Crippen MR) is 64.1 cm³/mol. The highest BCUT2D eigenvalue weighted by molar-refractivity contribution is 5.78. The molecule has 1 heterocycles. The highest BCUT2D eigenvalue weighted by atomic mass is 16.5. The van der Waals surface area contributed by atoms with Gasteiger partial charge in [0.2, 0.25) is 0 Å². The molecule has 1 aliphatic heterocycles. The Balaban J connectivity index is 2.16. The highest BCUT2D eigenvalue weighted by Gasteiger charge is 2.30. The van der Waals surface area contributed by atoms with Crippen LogP contribution in [0.25, 0.3) is 0 Å². The molecule has 2 N–H and O–H groups in total. The number of aliphatic carboxylic acids is 1. The van der Waals surface area contributed by atoms with Crippen LogP contribution in [0.5, 0.6) is 0 Å². The van der Waals surface area contributed by atoms with Crippen LogP contribution in [0.15, 0.2) is 0 Å². The third-order valence-corrected chi connectivity index (χ3v) is 3.37. The van der Waals surface area contributed by atoms with Gasteiger partial charge in [-0.15, -0.1) is 0 Å². The molecule has 100 valence electrons. The molecule has 0 aromatic rings. The molecule has 0 radical (unpaired) electrons. The van der Waals surface area contributed by atoms with Crippen molar-refractivity contribution in [3.63, 3.8) is 0 Å². The number of ether oxygens (including phenoxy) is 2. The van der Waals surface area contributed by atoms with E-state index in [0.29, 0.717) is 13.0 Å². The van der Waals surface area contributed by atoms with Gasteiger partial charge in [0.05, 0.1) is 6.10 Å². The number of nitrogens with one attached hydrogen (secondary N) is 1. The van der Waals surface area contributed by atoms with Crippen LogP contribution < -0.4 is 5.32 Å². The molecule has 0 aliphatic carbocycles. The fraction of sp³-hybridized carbons (Fsp3) is 0.917. The summed E-state index contributed by atoms with van der Waals surface area (Å²) in [6.45, 7) is 3.86. The standard InChI is InChI=1S/C12H23NO4/c1-12(13-2,11(14)15)6-3-7-17-10-4-8-16-9-5-10/h10,13H,3-9H2,1-2H3,(H,14,15). The van der Waals surface area contributed by atoms with Crippen molar-refractivity contribution in [2.45, 2.75) is 44.2 Å². The summed E-state index contributed by atoms with van der Waals surface area (Å²) >= 11 is 0. The Morgan fingerprint density at radius 2 is 2.18 bits per heavy atom. The van der Waals surface area contributed by atoms with E-state index < -0.39 is 11.5 Å². The second kappa shape index (κ2) is 6.93. The van der Waals surface area contributed by atoms with E-state index in [-0.39, 0.29) is 6.10 Å². The van der Waals surface area contributed by atoms with Crippen molar-refractivity contribution < 1.29 is 19.4 Å². The smallest absolute Gasteiger partial charge is 0.323 e. The van der Waals surface area contributed by atoms with Crippen molar-refractivity contribution in [2.75, 3.05) is 26.9 Å². The molecule has 1 aliphatic rings. The molecule has 5 nitrogen and oxygen atoms in total. The number of carboxylic acids is 1. The van der Waals surface area contributed by atoms with Crippen LogP contribution in [0.3, 0.4) is 0 Å². The first-order valence-electron chi connectivity index (χ1n) is 6.20. The molecule has 1 unspecified atom stereocenters. The van der Waals surface area contributed by atoms with Gasteiger partial charge in [0, 0.05) is 19.8 Å². The van der Waals surface area contributed by atoms with Crippen molar-refractivity contribution in [2.24, 2.45) is 0 Å². The van der Waals surface area contributed by atoms with Crippen molar-refractivity contribution in [3.8, 4) is 0 Å². The number of carbonyl (C=O) groups is 1. The number of hydrogen-bond donors (Lipinski definition) is 2. The van der Waals surface area contributed by atoms with E-state index in [4.69, 9.17) is 14.6 Å². The van der Waals surface area contributed by atoms with Crippen molar-refractivity contribution in [3.05, 3.63) is 0 Å². The first kappa shape index (κ1) is 14.4. The molecular formula is C12H23NO4. The summed E-state index contributed by atoms with van der Waals surface area (Å²) in [6, 6.07) is 0. The first-order valence-corrected chi connectivity index (χ1v) is 6.20. The van der Waals surface area contributed by atoms with E-state index in [0.717, 1.165) is 32.5 Å². The lowest BCUT2D eigenvalue weighted by Crippen LogP contribution is -2.47. The van der Waals surface area contributed by atoms with Gasteiger partial charge in [-0.3, -0.25) is 4.79 Å². The van der Waals surface area contributed by atoms with Gasteiger partial charge in [-0.1, -0.05) is 0 Å².